The minimum absolute atomic E-state index is 0.0409. The van der Waals surface area contributed by atoms with Gasteiger partial charge >= 0.3 is 0 Å². The fourth-order valence-corrected chi connectivity index (χ4v) is 6.18. The highest BCUT2D eigenvalue weighted by Crippen LogP contribution is 2.33. The minimum atomic E-state index is -4.08. The smallest absolute Gasteiger partial charge is 0.264 e. The molecule has 0 radical (unpaired) electrons. The van der Waals surface area contributed by atoms with Crippen LogP contribution in [0.1, 0.15) is 38.7 Å². The first kappa shape index (κ1) is 24.1. The van der Waals surface area contributed by atoms with Crippen molar-refractivity contribution in [1.29, 1.82) is 0 Å². The number of aryl methyl sites for hydroxylation is 2. The average Bonchev–Trinajstić information content (AvgIpc) is 3.07. The topological polar surface area (TPSA) is 101 Å². The van der Waals surface area contributed by atoms with Crippen LogP contribution in [0.15, 0.2) is 77.7 Å². The third-order valence-electron chi connectivity index (χ3n) is 7.05. The van der Waals surface area contributed by atoms with Crippen LogP contribution in [0.2, 0.25) is 0 Å². The Labute approximate surface area is 221 Å². The lowest BCUT2D eigenvalue weighted by Crippen LogP contribution is -2.36. The summed E-state index contributed by atoms with van der Waals surface area (Å²) in [7, 11) is -4.08. The van der Waals surface area contributed by atoms with Crippen molar-refractivity contribution in [2.24, 2.45) is 0 Å². The molecule has 0 fully saturated rings. The lowest BCUT2D eigenvalue weighted by molar-refractivity contribution is 0.0669. The fraction of sp³-hybridized carbons (Fsp3) is 0.207. The van der Waals surface area contributed by atoms with Crippen LogP contribution in [-0.2, 0) is 16.4 Å². The minimum Gasteiger partial charge on any atom is -0.467 e. The number of aromatic nitrogens is 2. The Balaban J connectivity index is 1.57. The molecule has 3 aromatic carbocycles. The molecule has 0 saturated carbocycles. The van der Waals surface area contributed by atoms with Crippen LogP contribution in [0.25, 0.3) is 11.3 Å². The predicted octanol–water partition coefficient (Wildman–Crippen LogP) is 4.69. The van der Waals surface area contributed by atoms with Crippen molar-refractivity contribution in [3.8, 4) is 17.1 Å². The highest BCUT2D eigenvalue weighted by molar-refractivity contribution is 7.92. The second-order valence-corrected chi connectivity index (χ2v) is 11.3. The van der Waals surface area contributed by atoms with Gasteiger partial charge in [0.15, 0.2) is 0 Å². The van der Waals surface area contributed by atoms with Crippen LogP contribution < -0.4 is 9.46 Å². The lowest BCUT2D eigenvalue weighted by atomic mass is 10.00. The maximum atomic E-state index is 13.6. The summed E-state index contributed by atoms with van der Waals surface area (Å²) in [5, 5.41) is 0. The van der Waals surface area contributed by atoms with Crippen LogP contribution in [0.4, 0.5) is 5.95 Å². The Morgan fingerprint density at radius 1 is 0.947 bits per heavy atom. The summed E-state index contributed by atoms with van der Waals surface area (Å²) in [5.41, 5.74) is 5.77. The highest BCUT2D eigenvalue weighted by Gasteiger charge is 2.30. The van der Waals surface area contributed by atoms with E-state index < -0.39 is 16.1 Å². The Morgan fingerprint density at radius 2 is 1.71 bits per heavy atom. The van der Waals surface area contributed by atoms with Crippen LogP contribution in [0.3, 0.4) is 0 Å². The molecule has 1 amide bonds. The normalized spacial score (nSPS) is 18.0. The van der Waals surface area contributed by atoms with Gasteiger partial charge in [0.1, 0.15) is 6.10 Å². The standard InChI is InChI=1S/C29H26N4O4S/c1-18-7-5-8-19(2)27(18)24-16-26-31-29(30-24)32-38(35,36)22-11-6-10-21(15-22)28(34)33-14-13-20-9-3-4-12-23(20)25(17-33)37-26/h3-12,15-16,25H,13-14,17H2,1-2H3,(H,30,31,32)/t25-/m0/s1. The van der Waals surface area contributed by atoms with E-state index in [4.69, 9.17) is 4.74 Å². The number of anilines is 1. The number of amides is 1. The zero-order valence-corrected chi connectivity index (χ0v) is 21.8. The summed E-state index contributed by atoms with van der Waals surface area (Å²) >= 11 is 0. The van der Waals surface area contributed by atoms with E-state index in [-0.39, 0.29) is 29.2 Å². The molecule has 2 aliphatic heterocycles. The van der Waals surface area contributed by atoms with E-state index >= 15 is 0 Å². The third-order valence-corrected chi connectivity index (χ3v) is 8.37. The van der Waals surface area contributed by atoms with Crippen molar-refractivity contribution in [2.45, 2.75) is 31.3 Å². The molecule has 9 heteroatoms. The zero-order valence-electron chi connectivity index (χ0n) is 21.0. The molecule has 4 aromatic rings. The molecule has 192 valence electrons. The van der Waals surface area contributed by atoms with Gasteiger partial charge in [-0.2, -0.15) is 4.98 Å². The Hall–Kier alpha value is -4.24. The van der Waals surface area contributed by atoms with Gasteiger partial charge in [0.2, 0.25) is 11.8 Å². The molecule has 0 aliphatic carbocycles. The molecule has 3 heterocycles. The number of nitrogens with one attached hydrogen (secondary N) is 1. The number of ether oxygens (including phenoxy) is 1. The van der Waals surface area contributed by atoms with Crippen molar-refractivity contribution in [3.05, 3.63) is 101 Å². The van der Waals surface area contributed by atoms with E-state index in [9.17, 15) is 13.2 Å². The van der Waals surface area contributed by atoms with E-state index in [1.54, 1.807) is 23.1 Å². The zero-order chi connectivity index (χ0) is 26.4. The number of rotatable bonds is 1. The van der Waals surface area contributed by atoms with E-state index in [0.29, 0.717) is 24.2 Å². The van der Waals surface area contributed by atoms with Gasteiger partial charge in [0.25, 0.3) is 15.9 Å². The largest absolute Gasteiger partial charge is 0.467 e. The third kappa shape index (κ3) is 4.39. The summed E-state index contributed by atoms with van der Waals surface area (Å²) in [4.78, 5) is 24.3. The molecule has 8 nitrogen and oxygen atoms in total. The first-order valence-electron chi connectivity index (χ1n) is 12.4. The molecular formula is C29H26N4O4S. The summed E-state index contributed by atoms with van der Waals surface area (Å²) in [5.74, 6) is -0.137. The molecular weight excluding hydrogens is 500 g/mol. The summed E-state index contributed by atoms with van der Waals surface area (Å²) in [6, 6.07) is 21.7. The second-order valence-electron chi connectivity index (χ2n) is 9.62. The lowest BCUT2D eigenvalue weighted by Gasteiger charge is -2.26. The van der Waals surface area contributed by atoms with Gasteiger partial charge < -0.3 is 9.64 Å². The van der Waals surface area contributed by atoms with E-state index in [1.807, 2.05) is 56.3 Å². The van der Waals surface area contributed by atoms with Crippen molar-refractivity contribution < 1.29 is 17.9 Å². The molecule has 1 N–H and O–H groups in total. The quantitative estimate of drug-likeness (QED) is 0.386. The molecule has 2 aliphatic rings. The molecule has 6 rings (SSSR count). The van der Waals surface area contributed by atoms with Gasteiger partial charge in [0, 0.05) is 23.7 Å². The SMILES string of the molecule is Cc1cccc(C)c1-c1cc2nc(n1)NS(=O)(=O)c1cccc(c1)C(=O)N1CCc3ccccc3[C@H](C1)O2. The molecule has 0 saturated heterocycles. The number of fused-ring (bicyclic) bond motifs is 8. The van der Waals surface area contributed by atoms with Crippen molar-refractivity contribution >= 4 is 21.9 Å². The number of benzene rings is 3. The molecule has 0 unspecified atom stereocenters. The Morgan fingerprint density at radius 3 is 2.53 bits per heavy atom. The molecule has 0 spiro atoms. The highest BCUT2D eigenvalue weighted by atomic mass is 32.2. The van der Waals surface area contributed by atoms with Crippen LogP contribution in [0, 0.1) is 13.8 Å². The molecule has 1 atom stereocenters. The van der Waals surface area contributed by atoms with E-state index in [0.717, 1.165) is 27.8 Å². The second kappa shape index (κ2) is 9.25. The number of nitrogens with zero attached hydrogens (tertiary/aromatic N) is 3. The number of sulfonamides is 1. The van der Waals surface area contributed by atoms with Gasteiger partial charge in [-0.05, 0) is 60.7 Å². The summed E-state index contributed by atoms with van der Waals surface area (Å²) in [6.45, 7) is 4.73. The van der Waals surface area contributed by atoms with E-state index in [1.165, 1.54) is 12.1 Å². The maximum Gasteiger partial charge on any atom is 0.264 e. The van der Waals surface area contributed by atoms with Crippen molar-refractivity contribution in [1.82, 2.24) is 14.9 Å². The molecule has 6 bridgehead atoms. The van der Waals surface area contributed by atoms with Gasteiger partial charge in [-0.25, -0.2) is 18.1 Å². The van der Waals surface area contributed by atoms with Gasteiger partial charge in [-0.15, -0.1) is 0 Å². The number of hydrogen-bond donors (Lipinski definition) is 1. The monoisotopic (exact) mass is 526 g/mol. The molecule has 38 heavy (non-hydrogen) atoms. The van der Waals surface area contributed by atoms with Crippen LogP contribution in [0.5, 0.6) is 5.88 Å². The number of carbonyl (C=O) groups is 1. The van der Waals surface area contributed by atoms with Crippen molar-refractivity contribution in [2.75, 3.05) is 17.8 Å². The van der Waals surface area contributed by atoms with Gasteiger partial charge in [-0.3, -0.25) is 4.79 Å². The van der Waals surface area contributed by atoms with Crippen LogP contribution >= 0.6 is 0 Å². The van der Waals surface area contributed by atoms with Crippen LogP contribution in [-0.4, -0.2) is 42.3 Å². The average molecular weight is 527 g/mol. The molecule has 1 aromatic heterocycles. The fourth-order valence-electron chi connectivity index (χ4n) is 5.19. The van der Waals surface area contributed by atoms with Crippen molar-refractivity contribution in [3.63, 3.8) is 0 Å². The number of carbonyl (C=O) groups excluding carboxylic acids is 1. The first-order valence-corrected chi connectivity index (χ1v) is 13.9. The van der Waals surface area contributed by atoms with E-state index in [2.05, 4.69) is 14.7 Å². The van der Waals surface area contributed by atoms with Gasteiger partial charge in [0.05, 0.1) is 17.1 Å². The summed E-state index contributed by atoms with van der Waals surface area (Å²) in [6.07, 6.45) is 0.149. The Bertz CT molecular complexity index is 1670. The first-order chi connectivity index (χ1) is 18.3. The predicted molar refractivity (Wildman–Crippen MR) is 144 cm³/mol. The summed E-state index contributed by atoms with van der Waals surface area (Å²) < 4.78 is 35.7. The maximum absolute atomic E-state index is 13.6. The van der Waals surface area contributed by atoms with Gasteiger partial charge in [-0.1, -0.05) is 48.5 Å². The number of hydrogen-bond acceptors (Lipinski definition) is 6. The Kier molecular flexibility index (Phi) is 5.87.